The van der Waals surface area contributed by atoms with E-state index in [2.05, 4.69) is 16.0 Å². The van der Waals surface area contributed by atoms with Crippen LogP contribution in [0.4, 0.5) is 10.5 Å². The highest BCUT2D eigenvalue weighted by Gasteiger charge is 2.01. The van der Waals surface area contributed by atoms with Gasteiger partial charge in [-0.05, 0) is 38.2 Å². The lowest BCUT2D eigenvalue weighted by Crippen LogP contribution is -2.30. The van der Waals surface area contributed by atoms with E-state index in [1.165, 1.54) is 0 Å². The number of amides is 2. The summed E-state index contributed by atoms with van der Waals surface area (Å²) in [6, 6.07) is 8.56. The van der Waals surface area contributed by atoms with Crippen molar-refractivity contribution in [1.29, 1.82) is 5.26 Å². The zero-order valence-corrected chi connectivity index (χ0v) is 9.79. The van der Waals surface area contributed by atoms with Crippen molar-refractivity contribution < 1.29 is 4.79 Å². The summed E-state index contributed by atoms with van der Waals surface area (Å²) in [5, 5.41) is 17.1. The zero-order valence-electron chi connectivity index (χ0n) is 9.79. The third-order valence-electron chi connectivity index (χ3n) is 2.14. The highest BCUT2D eigenvalue weighted by atomic mass is 16.2. The monoisotopic (exact) mass is 232 g/mol. The molecule has 0 aliphatic rings. The summed E-state index contributed by atoms with van der Waals surface area (Å²) in [4.78, 5) is 11.4. The first-order valence-electron chi connectivity index (χ1n) is 5.46. The van der Waals surface area contributed by atoms with E-state index < -0.39 is 0 Å². The maximum Gasteiger partial charge on any atom is 0.319 e. The third kappa shape index (κ3) is 5.00. The molecule has 5 heteroatoms. The minimum Gasteiger partial charge on any atom is -0.338 e. The van der Waals surface area contributed by atoms with E-state index in [1.54, 1.807) is 24.3 Å². The van der Waals surface area contributed by atoms with E-state index in [9.17, 15) is 4.79 Å². The van der Waals surface area contributed by atoms with Crippen molar-refractivity contribution in [2.75, 3.05) is 25.5 Å². The number of benzene rings is 1. The standard InChI is InChI=1S/C12H16N4O/c1-14-6-3-7-15-12(17)16-11-5-2-4-10(8-11)9-13/h2,4-5,8,14H,3,6-7H2,1H3,(H2,15,16,17). The molecule has 0 heterocycles. The lowest BCUT2D eigenvalue weighted by molar-refractivity contribution is 0.252. The molecule has 0 aliphatic heterocycles. The Bertz CT molecular complexity index is 411. The van der Waals surface area contributed by atoms with Crippen molar-refractivity contribution in [2.24, 2.45) is 0 Å². The number of anilines is 1. The molecule has 90 valence electrons. The molecule has 0 unspecified atom stereocenters. The summed E-state index contributed by atoms with van der Waals surface area (Å²) < 4.78 is 0. The molecule has 1 aromatic carbocycles. The number of nitriles is 1. The minimum atomic E-state index is -0.254. The van der Waals surface area contributed by atoms with Crippen LogP contribution in [-0.4, -0.2) is 26.2 Å². The maximum atomic E-state index is 11.4. The SMILES string of the molecule is CNCCCNC(=O)Nc1cccc(C#N)c1. The molecule has 17 heavy (non-hydrogen) atoms. The van der Waals surface area contributed by atoms with Crippen LogP contribution in [-0.2, 0) is 0 Å². The molecule has 5 nitrogen and oxygen atoms in total. The van der Waals surface area contributed by atoms with Crippen LogP contribution in [0.25, 0.3) is 0 Å². The molecule has 0 radical (unpaired) electrons. The Kier molecular flexibility index (Phi) is 5.55. The highest BCUT2D eigenvalue weighted by Crippen LogP contribution is 2.09. The van der Waals surface area contributed by atoms with E-state index in [1.807, 2.05) is 13.1 Å². The Morgan fingerprint density at radius 3 is 2.94 bits per heavy atom. The minimum absolute atomic E-state index is 0.254. The van der Waals surface area contributed by atoms with Gasteiger partial charge in [0.2, 0.25) is 0 Å². The van der Waals surface area contributed by atoms with Gasteiger partial charge in [0.15, 0.2) is 0 Å². The van der Waals surface area contributed by atoms with Gasteiger partial charge in [0.1, 0.15) is 0 Å². The number of carbonyl (C=O) groups excluding carboxylic acids is 1. The number of hydrogen-bond acceptors (Lipinski definition) is 3. The Morgan fingerprint density at radius 1 is 1.41 bits per heavy atom. The van der Waals surface area contributed by atoms with E-state index >= 15 is 0 Å². The van der Waals surface area contributed by atoms with Crippen LogP contribution in [0.15, 0.2) is 24.3 Å². The number of rotatable bonds is 5. The number of nitrogens with one attached hydrogen (secondary N) is 3. The Labute approximate surface area is 101 Å². The third-order valence-corrected chi connectivity index (χ3v) is 2.14. The second-order valence-corrected chi connectivity index (χ2v) is 3.53. The molecule has 1 rings (SSSR count). The average Bonchev–Trinajstić information content (AvgIpc) is 2.35. The van der Waals surface area contributed by atoms with Crippen molar-refractivity contribution in [3.05, 3.63) is 29.8 Å². The highest BCUT2D eigenvalue weighted by molar-refractivity contribution is 5.89. The first kappa shape index (κ1) is 13.0. The van der Waals surface area contributed by atoms with Crippen LogP contribution < -0.4 is 16.0 Å². The molecule has 0 aromatic heterocycles. The van der Waals surface area contributed by atoms with Gasteiger partial charge in [-0.3, -0.25) is 0 Å². The van der Waals surface area contributed by atoms with Crippen molar-refractivity contribution >= 4 is 11.7 Å². The normalized spacial score (nSPS) is 9.41. The first-order valence-corrected chi connectivity index (χ1v) is 5.46. The number of urea groups is 1. The quantitative estimate of drug-likeness (QED) is 0.669. The number of nitrogens with zero attached hydrogens (tertiary/aromatic N) is 1. The van der Waals surface area contributed by atoms with E-state index in [-0.39, 0.29) is 6.03 Å². The number of hydrogen-bond donors (Lipinski definition) is 3. The van der Waals surface area contributed by atoms with E-state index in [0.29, 0.717) is 17.8 Å². The molecule has 3 N–H and O–H groups in total. The predicted molar refractivity (Wildman–Crippen MR) is 66.7 cm³/mol. The fourth-order valence-electron chi connectivity index (χ4n) is 1.31. The van der Waals surface area contributed by atoms with Crippen molar-refractivity contribution in [3.63, 3.8) is 0 Å². The van der Waals surface area contributed by atoms with Gasteiger partial charge < -0.3 is 16.0 Å². The van der Waals surface area contributed by atoms with Gasteiger partial charge >= 0.3 is 6.03 Å². The molecular formula is C12H16N4O. The zero-order chi connectivity index (χ0) is 12.5. The van der Waals surface area contributed by atoms with Gasteiger partial charge in [0.25, 0.3) is 0 Å². The molecule has 2 amide bonds. The molecule has 0 bridgehead atoms. The van der Waals surface area contributed by atoms with E-state index in [0.717, 1.165) is 13.0 Å². The van der Waals surface area contributed by atoms with Gasteiger partial charge in [-0.1, -0.05) is 6.07 Å². The second-order valence-electron chi connectivity index (χ2n) is 3.53. The van der Waals surface area contributed by atoms with Crippen molar-refractivity contribution in [1.82, 2.24) is 10.6 Å². The van der Waals surface area contributed by atoms with Crippen LogP contribution in [0.5, 0.6) is 0 Å². The van der Waals surface area contributed by atoms with E-state index in [4.69, 9.17) is 5.26 Å². The molecule has 0 saturated heterocycles. The van der Waals surface area contributed by atoms with Crippen LogP contribution in [0.1, 0.15) is 12.0 Å². The van der Waals surface area contributed by atoms with Gasteiger partial charge in [0, 0.05) is 12.2 Å². The summed E-state index contributed by atoms with van der Waals surface area (Å²) in [5.41, 5.74) is 1.15. The number of carbonyl (C=O) groups is 1. The second kappa shape index (κ2) is 7.25. The summed E-state index contributed by atoms with van der Waals surface area (Å²) >= 11 is 0. The van der Waals surface area contributed by atoms with Gasteiger partial charge in [-0.2, -0.15) is 5.26 Å². The molecule has 0 spiro atoms. The molecule has 0 fully saturated rings. The molecule has 1 aromatic rings. The topological polar surface area (TPSA) is 76.9 Å². The molecule has 0 atom stereocenters. The van der Waals surface area contributed by atoms with Crippen LogP contribution in [0.2, 0.25) is 0 Å². The summed E-state index contributed by atoms with van der Waals surface area (Å²) in [6.07, 6.45) is 0.877. The summed E-state index contributed by atoms with van der Waals surface area (Å²) in [6.45, 7) is 1.48. The molecule has 0 saturated carbocycles. The first-order chi connectivity index (χ1) is 8.26. The van der Waals surface area contributed by atoms with Crippen molar-refractivity contribution in [3.8, 4) is 6.07 Å². The summed E-state index contributed by atoms with van der Waals surface area (Å²) in [5.74, 6) is 0. The molecular weight excluding hydrogens is 216 g/mol. The predicted octanol–water partition coefficient (Wildman–Crippen LogP) is 1.29. The fraction of sp³-hybridized carbons (Fsp3) is 0.333. The summed E-state index contributed by atoms with van der Waals surface area (Å²) in [7, 11) is 1.87. The smallest absolute Gasteiger partial charge is 0.319 e. The van der Waals surface area contributed by atoms with Crippen LogP contribution in [0.3, 0.4) is 0 Å². The van der Waals surface area contributed by atoms with Gasteiger partial charge in [0.05, 0.1) is 11.6 Å². The van der Waals surface area contributed by atoms with Crippen molar-refractivity contribution in [2.45, 2.75) is 6.42 Å². The van der Waals surface area contributed by atoms with Gasteiger partial charge in [-0.25, -0.2) is 4.79 Å². The largest absolute Gasteiger partial charge is 0.338 e. The lowest BCUT2D eigenvalue weighted by Gasteiger charge is -2.07. The lowest BCUT2D eigenvalue weighted by atomic mass is 10.2. The average molecular weight is 232 g/mol. The Hall–Kier alpha value is -2.06. The van der Waals surface area contributed by atoms with Crippen LogP contribution >= 0.6 is 0 Å². The van der Waals surface area contributed by atoms with Gasteiger partial charge in [-0.15, -0.1) is 0 Å². The van der Waals surface area contributed by atoms with Crippen LogP contribution in [0, 0.1) is 11.3 Å². The fourth-order valence-corrected chi connectivity index (χ4v) is 1.31. The molecule has 0 aliphatic carbocycles. The maximum absolute atomic E-state index is 11.4. The Balaban J connectivity index is 2.37. The Morgan fingerprint density at radius 2 is 2.24 bits per heavy atom.